The van der Waals surface area contributed by atoms with Crippen LogP contribution in [0, 0.1) is 23.7 Å². The first kappa shape index (κ1) is 14.3. The third-order valence-electron chi connectivity index (χ3n) is 5.38. The van der Waals surface area contributed by atoms with Gasteiger partial charge in [-0.3, -0.25) is 9.59 Å². The molecule has 0 N–H and O–H groups in total. The maximum Gasteiger partial charge on any atom is 0.238 e. The van der Waals surface area contributed by atoms with E-state index in [1.165, 1.54) is 19.1 Å². The lowest BCUT2D eigenvalue weighted by Gasteiger charge is -2.38. The summed E-state index contributed by atoms with van der Waals surface area (Å²) in [6.07, 6.45) is 6.20. The number of nitrogens with zero attached hydrogens (tertiary/aromatic N) is 1. The van der Waals surface area contributed by atoms with Crippen molar-refractivity contribution in [3.8, 4) is 11.5 Å². The number of imide groups is 1. The lowest BCUT2D eigenvalue weighted by atomic mass is 9.63. The van der Waals surface area contributed by atoms with E-state index in [-0.39, 0.29) is 35.5 Å². The van der Waals surface area contributed by atoms with Crippen molar-refractivity contribution in [3.63, 3.8) is 0 Å². The van der Waals surface area contributed by atoms with Crippen molar-refractivity contribution in [2.45, 2.75) is 12.8 Å². The fourth-order valence-corrected chi connectivity index (χ4v) is 4.35. The lowest BCUT2D eigenvalue weighted by molar-refractivity contribution is -0.124. The van der Waals surface area contributed by atoms with Crippen molar-refractivity contribution in [2.24, 2.45) is 23.7 Å². The number of carbonyl (C=O) groups is 2. The van der Waals surface area contributed by atoms with Crippen LogP contribution in [-0.2, 0) is 9.59 Å². The quantitative estimate of drug-likeness (QED) is 0.635. The van der Waals surface area contributed by atoms with E-state index in [0.29, 0.717) is 17.2 Å². The first-order chi connectivity index (χ1) is 11.2. The minimum absolute atomic E-state index is 0.123. The molecule has 5 nitrogen and oxygen atoms in total. The Kier molecular flexibility index (Phi) is 3.18. The highest BCUT2D eigenvalue weighted by molar-refractivity contribution is 6.24. The predicted octanol–water partition coefficient (Wildman–Crippen LogP) is 2.41. The molecule has 4 unspecified atom stereocenters. The van der Waals surface area contributed by atoms with Gasteiger partial charge >= 0.3 is 0 Å². The number of hydrogen-bond donors (Lipinski definition) is 0. The number of methoxy groups -OCH3 is 2. The van der Waals surface area contributed by atoms with Crippen LogP contribution in [0.25, 0.3) is 0 Å². The fourth-order valence-electron chi connectivity index (χ4n) is 4.35. The van der Waals surface area contributed by atoms with Crippen molar-refractivity contribution < 1.29 is 19.1 Å². The Bertz CT molecular complexity index is 657. The van der Waals surface area contributed by atoms with Crippen molar-refractivity contribution in [1.29, 1.82) is 0 Å². The Morgan fingerprint density at radius 2 is 1.39 bits per heavy atom. The summed E-state index contributed by atoms with van der Waals surface area (Å²) in [5, 5.41) is 0. The van der Waals surface area contributed by atoms with Gasteiger partial charge < -0.3 is 9.47 Å². The second-order valence-corrected chi connectivity index (χ2v) is 6.36. The van der Waals surface area contributed by atoms with Gasteiger partial charge in [-0.1, -0.05) is 18.2 Å². The molecule has 5 heteroatoms. The third-order valence-corrected chi connectivity index (χ3v) is 5.38. The number of hydrogen-bond acceptors (Lipinski definition) is 4. The summed E-state index contributed by atoms with van der Waals surface area (Å²) in [4.78, 5) is 27.4. The van der Waals surface area contributed by atoms with Crippen molar-refractivity contribution in [3.05, 3.63) is 30.4 Å². The normalized spacial score (nSPS) is 31.5. The molecule has 1 aromatic rings. The third kappa shape index (κ3) is 1.85. The molecule has 2 fully saturated rings. The molecule has 4 atom stereocenters. The smallest absolute Gasteiger partial charge is 0.238 e. The molecule has 4 aliphatic rings. The summed E-state index contributed by atoms with van der Waals surface area (Å²) >= 11 is 0. The van der Waals surface area contributed by atoms with Crippen LogP contribution in [0.15, 0.2) is 30.4 Å². The van der Waals surface area contributed by atoms with E-state index >= 15 is 0 Å². The Balaban J connectivity index is 1.83. The molecule has 1 aromatic carbocycles. The largest absolute Gasteiger partial charge is 0.494 e. The topological polar surface area (TPSA) is 55.8 Å². The molecule has 1 saturated heterocycles. The first-order valence-electron chi connectivity index (χ1n) is 7.94. The Labute approximate surface area is 134 Å². The number of benzene rings is 1. The van der Waals surface area contributed by atoms with E-state index < -0.39 is 0 Å². The number of para-hydroxylation sites is 1. The maximum absolute atomic E-state index is 13.0. The zero-order valence-electron chi connectivity index (χ0n) is 13.2. The average Bonchev–Trinajstić information content (AvgIpc) is 2.88. The molecule has 1 heterocycles. The molecule has 23 heavy (non-hydrogen) atoms. The van der Waals surface area contributed by atoms with Gasteiger partial charge in [0.1, 0.15) is 17.2 Å². The van der Waals surface area contributed by atoms with E-state index in [1.807, 2.05) is 0 Å². The minimum atomic E-state index is -0.235. The van der Waals surface area contributed by atoms with E-state index in [1.54, 1.807) is 18.2 Å². The van der Waals surface area contributed by atoms with Crippen LogP contribution in [0.2, 0.25) is 0 Å². The molecule has 2 bridgehead atoms. The molecule has 1 aliphatic heterocycles. The zero-order chi connectivity index (χ0) is 16.1. The van der Waals surface area contributed by atoms with Gasteiger partial charge in [-0.2, -0.15) is 0 Å². The predicted molar refractivity (Wildman–Crippen MR) is 84.4 cm³/mol. The minimum Gasteiger partial charge on any atom is -0.494 e. The van der Waals surface area contributed by atoms with Gasteiger partial charge in [0.15, 0.2) is 0 Å². The molecule has 120 valence electrons. The Morgan fingerprint density at radius 3 is 1.78 bits per heavy atom. The lowest BCUT2D eigenvalue weighted by Crippen LogP contribution is -2.38. The van der Waals surface area contributed by atoms with Gasteiger partial charge in [0.05, 0.1) is 26.1 Å². The molecule has 0 radical (unpaired) electrons. The van der Waals surface area contributed by atoms with Gasteiger partial charge in [0.2, 0.25) is 11.8 Å². The SMILES string of the molecule is COc1cccc(OC)c1N1C(=O)C2C3C=CC(CC3)C2C1=O. The molecular formula is C18H19NO4. The van der Waals surface area contributed by atoms with Gasteiger partial charge in [-0.05, 0) is 36.8 Å². The van der Waals surface area contributed by atoms with Crippen LogP contribution in [-0.4, -0.2) is 26.0 Å². The highest BCUT2D eigenvalue weighted by Gasteiger charge is 2.57. The van der Waals surface area contributed by atoms with Crippen molar-refractivity contribution in [2.75, 3.05) is 19.1 Å². The van der Waals surface area contributed by atoms with Crippen LogP contribution in [0.5, 0.6) is 11.5 Å². The summed E-state index contributed by atoms with van der Waals surface area (Å²) in [6.45, 7) is 0. The van der Waals surface area contributed by atoms with E-state index in [9.17, 15) is 9.59 Å². The number of rotatable bonds is 3. The molecule has 5 rings (SSSR count). The molecule has 0 spiro atoms. The van der Waals surface area contributed by atoms with Crippen LogP contribution < -0.4 is 14.4 Å². The second kappa shape index (κ2) is 5.11. The maximum atomic E-state index is 13.0. The van der Waals surface area contributed by atoms with Gasteiger partial charge in [-0.25, -0.2) is 4.90 Å². The first-order valence-corrected chi connectivity index (χ1v) is 7.94. The van der Waals surface area contributed by atoms with Gasteiger partial charge in [-0.15, -0.1) is 0 Å². The second-order valence-electron chi connectivity index (χ2n) is 6.36. The van der Waals surface area contributed by atoms with E-state index in [4.69, 9.17) is 9.47 Å². The van der Waals surface area contributed by atoms with Gasteiger partial charge in [0.25, 0.3) is 0 Å². The van der Waals surface area contributed by atoms with Crippen molar-refractivity contribution >= 4 is 17.5 Å². The number of amides is 2. The monoisotopic (exact) mass is 313 g/mol. The Hall–Kier alpha value is -2.30. The van der Waals surface area contributed by atoms with Crippen LogP contribution in [0.4, 0.5) is 5.69 Å². The average molecular weight is 313 g/mol. The van der Waals surface area contributed by atoms with Crippen LogP contribution >= 0.6 is 0 Å². The summed E-state index contributed by atoms with van der Waals surface area (Å²) in [6, 6.07) is 5.27. The van der Waals surface area contributed by atoms with E-state index in [0.717, 1.165) is 12.8 Å². The summed E-state index contributed by atoms with van der Waals surface area (Å²) in [5.41, 5.74) is 0.432. The zero-order valence-corrected chi connectivity index (χ0v) is 13.2. The number of anilines is 1. The number of fused-ring (bicyclic) bond motifs is 1. The van der Waals surface area contributed by atoms with Crippen LogP contribution in [0.3, 0.4) is 0 Å². The summed E-state index contributed by atoms with van der Waals surface area (Å²) < 4.78 is 10.8. The number of ether oxygens (including phenoxy) is 2. The van der Waals surface area contributed by atoms with E-state index in [2.05, 4.69) is 12.2 Å². The van der Waals surface area contributed by atoms with Gasteiger partial charge in [0, 0.05) is 0 Å². The number of allylic oxidation sites excluding steroid dienone is 2. The fraction of sp³-hybridized carbons (Fsp3) is 0.444. The van der Waals surface area contributed by atoms with Crippen LogP contribution in [0.1, 0.15) is 12.8 Å². The summed E-state index contributed by atoms with van der Waals surface area (Å²) in [5.74, 6) is 0.583. The molecule has 2 amide bonds. The number of carbonyl (C=O) groups excluding carboxylic acids is 2. The molecular weight excluding hydrogens is 294 g/mol. The standard InChI is InChI=1S/C18H19NO4/c1-22-12-4-3-5-13(23-2)16(12)19-17(20)14-10-6-7-11(9-8-10)15(14)18(19)21/h3-7,10-11,14-15H,8-9H2,1-2H3. The molecule has 0 aromatic heterocycles. The van der Waals surface area contributed by atoms with Crippen molar-refractivity contribution in [1.82, 2.24) is 0 Å². The highest BCUT2D eigenvalue weighted by atomic mass is 16.5. The molecule has 1 saturated carbocycles. The Morgan fingerprint density at radius 1 is 0.913 bits per heavy atom. The highest BCUT2D eigenvalue weighted by Crippen LogP contribution is 2.52. The molecule has 3 aliphatic carbocycles. The summed E-state index contributed by atoms with van der Waals surface area (Å²) in [7, 11) is 3.06.